The summed E-state index contributed by atoms with van der Waals surface area (Å²) in [6, 6.07) is 10.6. The summed E-state index contributed by atoms with van der Waals surface area (Å²) in [5.41, 5.74) is 3.82. The highest BCUT2D eigenvalue weighted by Gasteiger charge is 2.11. The molecule has 144 valence electrons. The van der Waals surface area contributed by atoms with Crippen molar-refractivity contribution in [3.05, 3.63) is 51.1 Å². The van der Waals surface area contributed by atoms with Crippen LogP contribution in [-0.4, -0.2) is 32.4 Å². The quantitative estimate of drug-likeness (QED) is 0.330. The number of nitrogens with zero attached hydrogens (tertiary/aromatic N) is 1. The predicted octanol–water partition coefficient (Wildman–Crippen LogP) is 4.25. The number of halogens is 1. The van der Waals surface area contributed by atoms with Crippen molar-refractivity contribution in [2.45, 2.75) is 20.3 Å². The summed E-state index contributed by atoms with van der Waals surface area (Å²) in [6.45, 7) is 5.17. The second kappa shape index (κ2) is 10.8. The van der Waals surface area contributed by atoms with Crippen LogP contribution in [-0.2, 0) is 0 Å². The summed E-state index contributed by atoms with van der Waals surface area (Å²) < 4.78 is 17.4. The normalized spacial score (nSPS) is 10.7. The van der Waals surface area contributed by atoms with Crippen molar-refractivity contribution < 1.29 is 19.0 Å². The molecule has 0 fully saturated rings. The highest BCUT2D eigenvalue weighted by Crippen LogP contribution is 2.33. The maximum atomic E-state index is 12.2. The van der Waals surface area contributed by atoms with E-state index in [0.717, 1.165) is 27.1 Å². The number of hydrazone groups is 1. The fraction of sp³-hybridized carbons (Fsp3) is 0.300. The minimum absolute atomic E-state index is 0.293. The van der Waals surface area contributed by atoms with Gasteiger partial charge in [-0.15, -0.1) is 0 Å². The highest BCUT2D eigenvalue weighted by atomic mass is 127. The molecule has 2 aromatic rings. The fourth-order valence-corrected chi connectivity index (χ4v) is 3.04. The lowest BCUT2D eigenvalue weighted by molar-refractivity contribution is 0.0955. The molecule has 0 aliphatic carbocycles. The Morgan fingerprint density at radius 2 is 1.93 bits per heavy atom. The van der Waals surface area contributed by atoms with Gasteiger partial charge in [0.1, 0.15) is 5.75 Å². The highest BCUT2D eigenvalue weighted by molar-refractivity contribution is 14.1. The van der Waals surface area contributed by atoms with Gasteiger partial charge < -0.3 is 14.2 Å². The Kier molecular flexibility index (Phi) is 8.38. The molecule has 1 amide bonds. The van der Waals surface area contributed by atoms with Gasteiger partial charge in [-0.05, 0) is 77.9 Å². The number of hydrogen-bond acceptors (Lipinski definition) is 5. The molecular weight excluding hydrogens is 459 g/mol. The second-order valence-corrected chi connectivity index (χ2v) is 6.70. The van der Waals surface area contributed by atoms with Crippen LogP contribution < -0.4 is 19.6 Å². The van der Waals surface area contributed by atoms with E-state index in [1.54, 1.807) is 37.6 Å². The zero-order valence-electron chi connectivity index (χ0n) is 15.6. The standard InChI is InChI=1S/C20H23IN2O4/c1-4-10-27-19-17(21)11-14(12-18(19)25-3)13-22-23-20(24)15-6-8-16(9-7-15)26-5-2/h6-9,11-13H,4-5,10H2,1-3H3,(H,23,24)/b22-13+. The van der Waals surface area contributed by atoms with Crippen LogP contribution in [0.4, 0.5) is 0 Å². The molecule has 0 aliphatic heterocycles. The first-order chi connectivity index (χ1) is 13.1. The van der Waals surface area contributed by atoms with Crippen LogP contribution in [0.5, 0.6) is 17.2 Å². The number of carbonyl (C=O) groups excluding carboxylic acids is 1. The van der Waals surface area contributed by atoms with Crippen molar-refractivity contribution in [3.63, 3.8) is 0 Å². The van der Waals surface area contributed by atoms with Gasteiger partial charge in [0.15, 0.2) is 11.5 Å². The smallest absolute Gasteiger partial charge is 0.271 e. The van der Waals surface area contributed by atoms with Gasteiger partial charge in [-0.25, -0.2) is 5.43 Å². The summed E-state index contributed by atoms with van der Waals surface area (Å²) in [6.07, 6.45) is 2.49. The topological polar surface area (TPSA) is 69.2 Å². The molecule has 0 aromatic heterocycles. The number of benzene rings is 2. The molecule has 0 bridgehead atoms. The summed E-state index contributed by atoms with van der Waals surface area (Å²) in [4.78, 5) is 12.2. The van der Waals surface area contributed by atoms with E-state index in [9.17, 15) is 4.79 Å². The maximum absolute atomic E-state index is 12.2. The Balaban J connectivity index is 2.04. The Hall–Kier alpha value is -2.29. The molecule has 0 saturated carbocycles. The van der Waals surface area contributed by atoms with Gasteiger partial charge in [-0.3, -0.25) is 4.79 Å². The van der Waals surface area contributed by atoms with Gasteiger partial charge in [-0.2, -0.15) is 5.10 Å². The third kappa shape index (κ3) is 6.13. The van der Waals surface area contributed by atoms with E-state index in [-0.39, 0.29) is 5.91 Å². The zero-order chi connectivity index (χ0) is 19.6. The van der Waals surface area contributed by atoms with Crippen LogP contribution in [0.2, 0.25) is 0 Å². The van der Waals surface area contributed by atoms with Crippen molar-refractivity contribution >= 4 is 34.7 Å². The van der Waals surface area contributed by atoms with E-state index >= 15 is 0 Å². The molecule has 0 radical (unpaired) electrons. The molecule has 0 atom stereocenters. The van der Waals surface area contributed by atoms with Gasteiger partial charge in [0.05, 0.1) is 30.1 Å². The van der Waals surface area contributed by atoms with Gasteiger partial charge in [0, 0.05) is 5.56 Å². The first-order valence-corrected chi connectivity index (χ1v) is 9.73. The number of rotatable bonds is 9. The lowest BCUT2D eigenvalue weighted by atomic mass is 10.2. The molecule has 27 heavy (non-hydrogen) atoms. The Morgan fingerprint density at radius 3 is 2.56 bits per heavy atom. The second-order valence-electron chi connectivity index (χ2n) is 5.54. The van der Waals surface area contributed by atoms with Crippen LogP contribution in [0, 0.1) is 3.57 Å². The van der Waals surface area contributed by atoms with Gasteiger partial charge in [0.25, 0.3) is 5.91 Å². The molecule has 6 nitrogen and oxygen atoms in total. The number of nitrogens with one attached hydrogen (secondary N) is 1. The minimum Gasteiger partial charge on any atom is -0.494 e. The van der Waals surface area contributed by atoms with Gasteiger partial charge in [0.2, 0.25) is 0 Å². The van der Waals surface area contributed by atoms with Crippen molar-refractivity contribution in [2.75, 3.05) is 20.3 Å². The van der Waals surface area contributed by atoms with Crippen molar-refractivity contribution in [1.82, 2.24) is 5.43 Å². The molecule has 1 N–H and O–H groups in total. The average molecular weight is 482 g/mol. The maximum Gasteiger partial charge on any atom is 0.271 e. The predicted molar refractivity (Wildman–Crippen MR) is 114 cm³/mol. The summed E-state index contributed by atoms with van der Waals surface area (Å²) in [5, 5.41) is 4.03. The Labute approximate surface area is 173 Å². The van der Waals surface area contributed by atoms with E-state index in [0.29, 0.717) is 24.5 Å². The molecular formula is C20H23IN2O4. The summed E-state index contributed by atoms with van der Waals surface area (Å²) >= 11 is 2.19. The number of ether oxygens (including phenoxy) is 3. The number of methoxy groups -OCH3 is 1. The third-order valence-corrected chi connectivity index (χ3v) is 4.31. The Morgan fingerprint density at radius 1 is 1.19 bits per heavy atom. The third-order valence-electron chi connectivity index (χ3n) is 3.51. The molecule has 0 spiro atoms. The number of amides is 1. The molecule has 7 heteroatoms. The summed E-state index contributed by atoms with van der Waals surface area (Å²) in [5.74, 6) is 1.79. The number of hydrogen-bond donors (Lipinski definition) is 1. The van der Waals surface area contributed by atoms with E-state index in [1.165, 1.54) is 0 Å². The first-order valence-electron chi connectivity index (χ1n) is 8.65. The minimum atomic E-state index is -0.293. The lowest BCUT2D eigenvalue weighted by Gasteiger charge is -2.12. The van der Waals surface area contributed by atoms with E-state index < -0.39 is 0 Å². The zero-order valence-corrected chi connectivity index (χ0v) is 17.8. The SMILES string of the molecule is CCCOc1c(I)cc(/C=N/NC(=O)c2ccc(OCC)cc2)cc1OC. The lowest BCUT2D eigenvalue weighted by Crippen LogP contribution is -2.17. The number of carbonyl (C=O) groups is 1. The van der Waals surface area contributed by atoms with Crippen molar-refractivity contribution in [2.24, 2.45) is 5.10 Å². The molecule has 0 unspecified atom stereocenters. The van der Waals surface area contributed by atoms with Crippen molar-refractivity contribution in [3.8, 4) is 17.2 Å². The molecule has 2 rings (SSSR count). The summed E-state index contributed by atoms with van der Waals surface area (Å²) in [7, 11) is 1.60. The molecule has 0 saturated heterocycles. The monoisotopic (exact) mass is 482 g/mol. The fourth-order valence-electron chi connectivity index (χ4n) is 2.26. The first kappa shape index (κ1) is 21.0. The van der Waals surface area contributed by atoms with E-state index in [4.69, 9.17) is 14.2 Å². The average Bonchev–Trinajstić information content (AvgIpc) is 2.67. The molecule has 0 aliphatic rings. The largest absolute Gasteiger partial charge is 0.494 e. The van der Waals surface area contributed by atoms with Crippen LogP contribution in [0.15, 0.2) is 41.5 Å². The van der Waals surface area contributed by atoms with Crippen LogP contribution in [0.1, 0.15) is 36.2 Å². The van der Waals surface area contributed by atoms with E-state index in [1.807, 2.05) is 26.0 Å². The van der Waals surface area contributed by atoms with Crippen molar-refractivity contribution in [1.29, 1.82) is 0 Å². The van der Waals surface area contributed by atoms with Crippen LogP contribution in [0.25, 0.3) is 0 Å². The van der Waals surface area contributed by atoms with E-state index in [2.05, 4.69) is 33.1 Å². The van der Waals surface area contributed by atoms with Gasteiger partial charge >= 0.3 is 0 Å². The molecule has 0 heterocycles. The van der Waals surface area contributed by atoms with Gasteiger partial charge in [-0.1, -0.05) is 6.92 Å². The van der Waals surface area contributed by atoms with Crippen LogP contribution >= 0.6 is 22.6 Å². The molecule has 2 aromatic carbocycles. The van der Waals surface area contributed by atoms with Crippen LogP contribution in [0.3, 0.4) is 0 Å². The Bertz CT molecular complexity index is 791.